The maximum atomic E-state index is 11.9. The second-order valence-corrected chi connectivity index (χ2v) is 5.59. The lowest BCUT2D eigenvalue weighted by atomic mass is 9.82. The fourth-order valence-corrected chi connectivity index (χ4v) is 2.15. The lowest BCUT2D eigenvalue weighted by Gasteiger charge is -2.37. The van der Waals surface area contributed by atoms with Crippen molar-refractivity contribution in [2.24, 2.45) is 11.3 Å². The molecule has 1 heterocycles. The smallest absolute Gasteiger partial charge is 0.223 e. The number of hydrogen-bond acceptors (Lipinski definition) is 2. The van der Waals surface area contributed by atoms with Crippen molar-refractivity contribution in [3.63, 3.8) is 0 Å². The van der Waals surface area contributed by atoms with Crippen LogP contribution in [-0.2, 0) is 4.79 Å². The molecule has 1 unspecified atom stereocenters. The van der Waals surface area contributed by atoms with E-state index in [2.05, 4.69) is 26.1 Å². The van der Waals surface area contributed by atoms with Gasteiger partial charge >= 0.3 is 0 Å². The molecule has 88 valence electrons. The van der Waals surface area contributed by atoms with E-state index in [1.807, 2.05) is 11.9 Å². The number of carbonyl (C=O) groups excluding carboxylic acids is 1. The average Bonchev–Trinajstić information content (AvgIpc) is 2.10. The molecule has 3 nitrogen and oxygen atoms in total. The summed E-state index contributed by atoms with van der Waals surface area (Å²) in [6, 6.07) is 0. The summed E-state index contributed by atoms with van der Waals surface area (Å²) >= 11 is 0. The Morgan fingerprint density at radius 1 is 1.53 bits per heavy atom. The normalized spacial score (nSPS) is 22.9. The minimum absolute atomic E-state index is 0.208. The summed E-state index contributed by atoms with van der Waals surface area (Å²) in [6.45, 7) is 9.35. The zero-order valence-corrected chi connectivity index (χ0v) is 10.5. The number of nitrogens with one attached hydrogen (secondary N) is 1. The van der Waals surface area contributed by atoms with Gasteiger partial charge in [0.2, 0.25) is 5.91 Å². The summed E-state index contributed by atoms with van der Waals surface area (Å²) in [5.74, 6) is 0.870. The lowest BCUT2D eigenvalue weighted by molar-refractivity contribution is -0.137. The topological polar surface area (TPSA) is 32.3 Å². The highest BCUT2D eigenvalue weighted by Gasteiger charge is 2.31. The molecule has 0 aromatic carbocycles. The van der Waals surface area contributed by atoms with Gasteiger partial charge < -0.3 is 10.2 Å². The Balaban J connectivity index is 2.41. The Morgan fingerprint density at radius 3 is 2.73 bits per heavy atom. The molecular weight excluding hydrogens is 188 g/mol. The van der Waals surface area contributed by atoms with Gasteiger partial charge in [0.1, 0.15) is 0 Å². The van der Waals surface area contributed by atoms with E-state index in [1.54, 1.807) is 0 Å². The first-order chi connectivity index (χ1) is 6.94. The Hall–Kier alpha value is -0.570. The van der Waals surface area contributed by atoms with Crippen molar-refractivity contribution in [3.8, 4) is 0 Å². The van der Waals surface area contributed by atoms with Gasteiger partial charge in [-0.15, -0.1) is 0 Å². The lowest BCUT2D eigenvalue weighted by Crippen LogP contribution is -2.44. The summed E-state index contributed by atoms with van der Waals surface area (Å²) in [4.78, 5) is 13.9. The largest absolute Gasteiger partial charge is 0.342 e. The molecular formula is C12H24N2O. The van der Waals surface area contributed by atoms with Gasteiger partial charge in [0.25, 0.3) is 0 Å². The van der Waals surface area contributed by atoms with Crippen molar-refractivity contribution in [1.82, 2.24) is 10.2 Å². The number of nitrogens with zero attached hydrogens (tertiary/aromatic N) is 1. The summed E-state index contributed by atoms with van der Waals surface area (Å²) in [6.07, 6.45) is 1.84. The molecule has 0 aromatic heterocycles. The van der Waals surface area contributed by atoms with Crippen LogP contribution >= 0.6 is 0 Å². The van der Waals surface area contributed by atoms with Gasteiger partial charge in [-0.2, -0.15) is 0 Å². The number of likely N-dealkylation sites (tertiary alicyclic amines) is 1. The number of carbonyl (C=O) groups is 1. The van der Waals surface area contributed by atoms with E-state index < -0.39 is 0 Å². The monoisotopic (exact) mass is 212 g/mol. The number of amides is 1. The SMILES string of the molecule is CNCC(C)CN1CCC(C)(C)CC1=O. The zero-order valence-electron chi connectivity index (χ0n) is 10.5. The predicted octanol–water partition coefficient (Wildman–Crippen LogP) is 1.49. The van der Waals surface area contributed by atoms with Gasteiger partial charge in [0, 0.05) is 19.5 Å². The number of piperidine rings is 1. The fourth-order valence-electron chi connectivity index (χ4n) is 2.15. The highest BCUT2D eigenvalue weighted by Crippen LogP contribution is 2.30. The van der Waals surface area contributed by atoms with E-state index in [1.165, 1.54) is 0 Å². The van der Waals surface area contributed by atoms with E-state index in [4.69, 9.17) is 0 Å². The number of rotatable bonds is 4. The molecule has 1 aliphatic rings. The van der Waals surface area contributed by atoms with Crippen molar-refractivity contribution in [3.05, 3.63) is 0 Å². The summed E-state index contributed by atoms with van der Waals surface area (Å²) in [5.41, 5.74) is 0.208. The van der Waals surface area contributed by atoms with E-state index in [0.717, 1.165) is 26.1 Å². The molecule has 0 radical (unpaired) electrons. The highest BCUT2D eigenvalue weighted by molar-refractivity contribution is 5.77. The van der Waals surface area contributed by atoms with Gasteiger partial charge in [-0.1, -0.05) is 20.8 Å². The van der Waals surface area contributed by atoms with Crippen molar-refractivity contribution in [2.75, 3.05) is 26.7 Å². The van der Waals surface area contributed by atoms with Crippen molar-refractivity contribution >= 4 is 5.91 Å². The van der Waals surface area contributed by atoms with Crippen LogP contribution in [0.15, 0.2) is 0 Å². The van der Waals surface area contributed by atoms with Crippen LogP contribution < -0.4 is 5.32 Å². The third-order valence-electron chi connectivity index (χ3n) is 3.13. The summed E-state index contributed by atoms with van der Waals surface area (Å²) in [5, 5.41) is 3.15. The Morgan fingerprint density at radius 2 is 2.20 bits per heavy atom. The van der Waals surface area contributed by atoms with Crippen LogP contribution in [0, 0.1) is 11.3 Å². The van der Waals surface area contributed by atoms with Crippen molar-refractivity contribution in [1.29, 1.82) is 0 Å². The van der Waals surface area contributed by atoms with Crippen LogP contribution in [0.4, 0.5) is 0 Å². The first kappa shape index (κ1) is 12.5. The molecule has 1 rings (SSSR count). The molecule has 0 spiro atoms. The van der Waals surface area contributed by atoms with Crippen molar-refractivity contribution < 1.29 is 4.79 Å². The fraction of sp³-hybridized carbons (Fsp3) is 0.917. The average molecular weight is 212 g/mol. The molecule has 1 fully saturated rings. The Bertz CT molecular complexity index is 226. The summed E-state index contributed by atoms with van der Waals surface area (Å²) in [7, 11) is 1.96. The van der Waals surface area contributed by atoms with Crippen LogP contribution in [0.2, 0.25) is 0 Å². The minimum atomic E-state index is 0.208. The van der Waals surface area contributed by atoms with Gasteiger partial charge in [0.15, 0.2) is 0 Å². The second kappa shape index (κ2) is 4.97. The third-order valence-corrected chi connectivity index (χ3v) is 3.13. The molecule has 0 aromatic rings. The van der Waals surface area contributed by atoms with E-state index >= 15 is 0 Å². The van der Waals surface area contributed by atoms with E-state index in [9.17, 15) is 4.79 Å². The maximum Gasteiger partial charge on any atom is 0.223 e. The minimum Gasteiger partial charge on any atom is -0.342 e. The second-order valence-electron chi connectivity index (χ2n) is 5.59. The third kappa shape index (κ3) is 3.82. The molecule has 0 bridgehead atoms. The maximum absolute atomic E-state index is 11.9. The number of hydrogen-bond donors (Lipinski definition) is 1. The first-order valence-electron chi connectivity index (χ1n) is 5.87. The van der Waals surface area contributed by atoms with Gasteiger partial charge in [-0.25, -0.2) is 0 Å². The van der Waals surface area contributed by atoms with Gasteiger partial charge in [0.05, 0.1) is 0 Å². The molecule has 3 heteroatoms. The standard InChI is InChI=1S/C12H24N2O/c1-10(8-13-4)9-14-6-5-12(2,3)7-11(14)15/h10,13H,5-9H2,1-4H3. The first-order valence-corrected chi connectivity index (χ1v) is 5.87. The van der Waals surface area contributed by atoms with E-state index in [-0.39, 0.29) is 5.41 Å². The molecule has 1 atom stereocenters. The molecule has 15 heavy (non-hydrogen) atoms. The van der Waals surface area contributed by atoms with Crippen LogP contribution in [0.3, 0.4) is 0 Å². The van der Waals surface area contributed by atoms with Gasteiger partial charge in [-0.3, -0.25) is 4.79 Å². The highest BCUT2D eigenvalue weighted by atomic mass is 16.2. The Labute approximate surface area is 93.2 Å². The van der Waals surface area contributed by atoms with Gasteiger partial charge in [-0.05, 0) is 31.3 Å². The summed E-state index contributed by atoms with van der Waals surface area (Å²) < 4.78 is 0. The molecule has 0 aliphatic carbocycles. The van der Waals surface area contributed by atoms with Crippen LogP contribution in [0.25, 0.3) is 0 Å². The van der Waals surface area contributed by atoms with Crippen LogP contribution in [-0.4, -0.2) is 37.5 Å². The quantitative estimate of drug-likeness (QED) is 0.766. The molecule has 0 saturated carbocycles. The van der Waals surface area contributed by atoms with Crippen molar-refractivity contribution in [2.45, 2.75) is 33.6 Å². The van der Waals surface area contributed by atoms with E-state index in [0.29, 0.717) is 18.2 Å². The Kier molecular flexibility index (Phi) is 4.14. The van der Waals surface area contributed by atoms with Crippen LogP contribution in [0.1, 0.15) is 33.6 Å². The predicted molar refractivity (Wildman–Crippen MR) is 62.7 cm³/mol. The van der Waals surface area contributed by atoms with Crippen LogP contribution in [0.5, 0.6) is 0 Å². The molecule has 1 aliphatic heterocycles. The molecule has 1 saturated heterocycles. The zero-order chi connectivity index (χ0) is 11.5. The molecule has 1 N–H and O–H groups in total. The molecule has 1 amide bonds.